The molecule has 3 aromatic rings. The number of fused-ring (bicyclic) bond motifs is 1. The minimum atomic E-state index is -4.61. The first-order valence-corrected chi connectivity index (χ1v) is 9.71. The van der Waals surface area contributed by atoms with E-state index in [-0.39, 0.29) is 11.4 Å². The predicted molar refractivity (Wildman–Crippen MR) is 90.3 cm³/mol. The smallest absolute Gasteiger partial charge is 0.285 e. The molecule has 0 amide bonds. The molecule has 3 heterocycles. The topological polar surface area (TPSA) is 67.6 Å². The lowest BCUT2D eigenvalue weighted by molar-refractivity contribution is -0.137. The van der Waals surface area contributed by atoms with Crippen LogP contribution in [0.25, 0.3) is 5.65 Å². The van der Waals surface area contributed by atoms with Crippen LogP contribution in [-0.2, 0) is 16.2 Å². The molecule has 0 unspecified atom stereocenters. The molecule has 0 radical (unpaired) electrons. The molecule has 4 rings (SSSR count). The van der Waals surface area contributed by atoms with E-state index in [1.165, 1.54) is 10.4 Å². The van der Waals surface area contributed by atoms with E-state index in [9.17, 15) is 21.6 Å². The SMILES string of the molecule is O=S(=O)(c1cccc(C(F)(F)F)c1)N1CCC[C@H]1c1nnc2ccccn12. The van der Waals surface area contributed by atoms with Gasteiger partial charge in [-0.15, -0.1) is 10.2 Å². The minimum absolute atomic E-state index is 0.213. The van der Waals surface area contributed by atoms with Crippen LogP contribution < -0.4 is 0 Å². The monoisotopic (exact) mass is 396 g/mol. The molecule has 0 N–H and O–H groups in total. The van der Waals surface area contributed by atoms with Crippen molar-refractivity contribution in [3.63, 3.8) is 0 Å². The van der Waals surface area contributed by atoms with Crippen molar-refractivity contribution in [2.45, 2.75) is 30.0 Å². The molecule has 1 aromatic carbocycles. The molecule has 1 saturated heterocycles. The Balaban J connectivity index is 1.75. The van der Waals surface area contributed by atoms with Crippen LogP contribution in [0.3, 0.4) is 0 Å². The summed E-state index contributed by atoms with van der Waals surface area (Å²) in [4.78, 5) is -0.377. The van der Waals surface area contributed by atoms with Gasteiger partial charge < -0.3 is 0 Å². The Bertz CT molecular complexity index is 1090. The molecular weight excluding hydrogens is 381 g/mol. The quantitative estimate of drug-likeness (QED) is 0.682. The maximum atomic E-state index is 13.1. The molecule has 0 saturated carbocycles. The van der Waals surface area contributed by atoms with Gasteiger partial charge in [0.15, 0.2) is 11.5 Å². The van der Waals surface area contributed by atoms with Crippen LogP contribution in [0.15, 0.2) is 53.6 Å². The van der Waals surface area contributed by atoms with Crippen molar-refractivity contribution in [3.05, 3.63) is 60.0 Å². The molecule has 0 aliphatic carbocycles. The van der Waals surface area contributed by atoms with Gasteiger partial charge in [-0.05, 0) is 43.2 Å². The number of hydrogen-bond donors (Lipinski definition) is 0. The second kappa shape index (κ2) is 6.31. The van der Waals surface area contributed by atoms with Crippen LogP contribution in [0.2, 0.25) is 0 Å². The number of aromatic nitrogens is 3. The first kappa shape index (κ1) is 17.9. The predicted octanol–water partition coefficient (Wildman–Crippen LogP) is 3.27. The Morgan fingerprint density at radius 1 is 1.07 bits per heavy atom. The summed E-state index contributed by atoms with van der Waals surface area (Å²) in [5, 5.41) is 8.16. The van der Waals surface area contributed by atoms with Crippen molar-refractivity contribution < 1.29 is 21.6 Å². The molecule has 1 atom stereocenters. The highest BCUT2D eigenvalue weighted by molar-refractivity contribution is 7.89. The van der Waals surface area contributed by atoms with Gasteiger partial charge in [0.2, 0.25) is 10.0 Å². The van der Waals surface area contributed by atoms with E-state index in [2.05, 4.69) is 10.2 Å². The van der Waals surface area contributed by atoms with E-state index < -0.39 is 27.8 Å². The van der Waals surface area contributed by atoms with Gasteiger partial charge in [0.25, 0.3) is 0 Å². The van der Waals surface area contributed by atoms with Crippen molar-refractivity contribution in [3.8, 4) is 0 Å². The van der Waals surface area contributed by atoms with Crippen LogP contribution >= 0.6 is 0 Å². The summed E-state index contributed by atoms with van der Waals surface area (Å²) >= 11 is 0. The average Bonchev–Trinajstić information content (AvgIpc) is 3.28. The Morgan fingerprint density at radius 2 is 1.89 bits per heavy atom. The molecule has 2 aromatic heterocycles. The Kier molecular flexibility index (Phi) is 4.19. The van der Waals surface area contributed by atoms with Gasteiger partial charge in [0, 0.05) is 12.7 Å². The van der Waals surface area contributed by atoms with Gasteiger partial charge in [-0.2, -0.15) is 17.5 Å². The van der Waals surface area contributed by atoms with Gasteiger partial charge in [-0.3, -0.25) is 4.40 Å². The first-order valence-electron chi connectivity index (χ1n) is 8.27. The molecule has 6 nitrogen and oxygen atoms in total. The van der Waals surface area contributed by atoms with E-state index in [1.807, 2.05) is 0 Å². The number of pyridine rings is 1. The van der Waals surface area contributed by atoms with Crippen LogP contribution in [0.5, 0.6) is 0 Å². The highest BCUT2D eigenvalue weighted by atomic mass is 32.2. The lowest BCUT2D eigenvalue weighted by Gasteiger charge is -2.23. The number of alkyl halides is 3. The fourth-order valence-electron chi connectivity index (χ4n) is 3.34. The average molecular weight is 396 g/mol. The highest BCUT2D eigenvalue weighted by Gasteiger charge is 2.40. The fourth-order valence-corrected chi connectivity index (χ4v) is 5.04. The summed E-state index contributed by atoms with van der Waals surface area (Å²) in [7, 11) is -4.11. The molecule has 1 aliphatic rings. The van der Waals surface area contributed by atoms with Gasteiger partial charge >= 0.3 is 6.18 Å². The number of sulfonamides is 1. The Labute approximate surface area is 153 Å². The van der Waals surface area contributed by atoms with Gasteiger partial charge in [0.05, 0.1) is 16.5 Å². The third kappa shape index (κ3) is 3.08. The normalized spacial score (nSPS) is 19.0. The van der Waals surface area contributed by atoms with E-state index in [1.54, 1.807) is 28.8 Å². The molecule has 0 bridgehead atoms. The van der Waals surface area contributed by atoms with Crippen LogP contribution in [0, 0.1) is 0 Å². The lowest BCUT2D eigenvalue weighted by atomic mass is 10.2. The largest absolute Gasteiger partial charge is 0.416 e. The van der Waals surface area contributed by atoms with Gasteiger partial charge in [-0.1, -0.05) is 12.1 Å². The van der Waals surface area contributed by atoms with Crippen LogP contribution in [-0.4, -0.2) is 33.9 Å². The van der Waals surface area contributed by atoms with Crippen LogP contribution in [0.1, 0.15) is 30.3 Å². The third-order valence-electron chi connectivity index (χ3n) is 4.61. The Morgan fingerprint density at radius 3 is 2.67 bits per heavy atom. The summed E-state index contributed by atoms with van der Waals surface area (Å²) < 4.78 is 68.0. The number of hydrogen-bond acceptors (Lipinski definition) is 4. The lowest BCUT2D eigenvalue weighted by Crippen LogP contribution is -2.31. The summed E-state index contributed by atoms with van der Waals surface area (Å²) in [6.45, 7) is 0.213. The molecule has 10 heteroatoms. The van der Waals surface area contributed by atoms with E-state index >= 15 is 0 Å². The second-order valence-electron chi connectivity index (χ2n) is 6.29. The highest BCUT2D eigenvalue weighted by Crippen LogP contribution is 2.37. The van der Waals surface area contributed by atoms with Crippen molar-refractivity contribution in [2.75, 3.05) is 6.54 Å². The van der Waals surface area contributed by atoms with E-state index in [0.717, 1.165) is 12.1 Å². The summed E-state index contributed by atoms with van der Waals surface area (Å²) in [5.41, 5.74) is -0.414. The van der Waals surface area contributed by atoms with Crippen LogP contribution in [0.4, 0.5) is 13.2 Å². The van der Waals surface area contributed by atoms with Crippen molar-refractivity contribution in [2.24, 2.45) is 0 Å². The first-order chi connectivity index (χ1) is 12.8. The Hall–Kier alpha value is -2.46. The molecule has 1 fully saturated rings. The number of nitrogens with zero attached hydrogens (tertiary/aromatic N) is 4. The number of rotatable bonds is 3. The molecular formula is C17H15F3N4O2S. The maximum Gasteiger partial charge on any atom is 0.416 e. The molecule has 1 aliphatic heterocycles. The minimum Gasteiger partial charge on any atom is -0.285 e. The summed E-state index contributed by atoms with van der Waals surface area (Å²) in [6, 6.07) is 8.55. The summed E-state index contributed by atoms with van der Waals surface area (Å²) in [6.07, 6.45) is -1.77. The van der Waals surface area contributed by atoms with Crippen molar-refractivity contribution in [1.29, 1.82) is 0 Å². The maximum absolute atomic E-state index is 13.1. The molecule has 142 valence electrons. The van der Waals surface area contributed by atoms with Gasteiger partial charge in [0.1, 0.15) is 0 Å². The van der Waals surface area contributed by atoms with E-state index in [4.69, 9.17) is 0 Å². The zero-order valence-corrected chi connectivity index (χ0v) is 14.8. The summed E-state index contributed by atoms with van der Waals surface area (Å²) in [5.74, 6) is 0.457. The zero-order chi connectivity index (χ0) is 19.2. The zero-order valence-electron chi connectivity index (χ0n) is 14.0. The van der Waals surface area contributed by atoms with Crippen molar-refractivity contribution >= 4 is 15.7 Å². The van der Waals surface area contributed by atoms with E-state index in [0.29, 0.717) is 30.4 Å². The van der Waals surface area contributed by atoms with Gasteiger partial charge in [-0.25, -0.2) is 8.42 Å². The van der Waals surface area contributed by atoms with Crippen molar-refractivity contribution in [1.82, 2.24) is 18.9 Å². The molecule has 0 spiro atoms. The second-order valence-corrected chi connectivity index (χ2v) is 8.18. The fraction of sp³-hybridized carbons (Fsp3) is 0.294. The number of halogens is 3. The third-order valence-corrected chi connectivity index (χ3v) is 6.51. The molecule has 27 heavy (non-hydrogen) atoms. The number of benzene rings is 1. The standard InChI is InChI=1S/C17H15F3N4O2S/c18-17(19,20)12-5-3-6-13(11-12)27(25,26)24-10-4-7-14(24)16-22-21-15-8-1-2-9-23(15)16/h1-3,5-6,8-9,11,14H,4,7,10H2/t14-/m0/s1.